The third-order valence-electron chi connectivity index (χ3n) is 2.16. The fourth-order valence-corrected chi connectivity index (χ4v) is 1.61. The molecule has 1 rings (SSSR count). The van der Waals surface area contributed by atoms with Crippen molar-refractivity contribution < 1.29 is 17.9 Å². The molecule has 0 aliphatic rings. The molecule has 0 heterocycles. The molecule has 17 heavy (non-hydrogen) atoms. The van der Waals surface area contributed by atoms with Gasteiger partial charge in [-0.25, -0.2) is 0 Å². The molecular weight excluding hydrogens is 365 g/mol. The van der Waals surface area contributed by atoms with Gasteiger partial charge in [0.15, 0.2) is 0 Å². The molecule has 0 aliphatic heterocycles. The van der Waals surface area contributed by atoms with E-state index >= 15 is 0 Å². The molecule has 0 amide bonds. The molecule has 0 fully saturated rings. The molecule has 0 bridgehead atoms. The van der Waals surface area contributed by atoms with E-state index in [0.29, 0.717) is 5.75 Å². The highest BCUT2D eigenvalue weighted by molar-refractivity contribution is 9.10. The quantitative estimate of drug-likeness (QED) is 0.691. The summed E-state index contributed by atoms with van der Waals surface area (Å²) in [5.41, 5.74) is 1.86. The van der Waals surface area contributed by atoms with E-state index in [1.165, 1.54) is 0 Å². The molecule has 1 nitrogen and oxygen atoms in total. The van der Waals surface area contributed by atoms with Crippen molar-refractivity contribution in [1.82, 2.24) is 0 Å². The standard InChI is InChI=1S/C11H11Br2F3O/c1-6-3-8(4-7(2)10(6)13)17-5-9(12)11(14,15)16/h3-4,9H,5H2,1-2H3. The summed E-state index contributed by atoms with van der Waals surface area (Å²) in [5, 5.41) is 0. The highest BCUT2D eigenvalue weighted by Gasteiger charge is 2.38. The van der Waals surface area contributed by atoms with Crippen molar-refractivity contribution in [2.75, 3.05) is 6.61 Å². The van der Waals surface area contributed by atoms with Crippen LogP contribution < -0.4 is 4.74 Å². The summed E-state index contributed by atoms with van der Waals surface area (Å²) < 4.78 is 42.8. The largest absolute Gasteiger partial charge is 0.492 e. The molecule has 0 aromatic heterocycles. The van der Waals surface area contributed by atoms with Crippen LogP contribution in [-0.2, 0) is 0 Å². The molecule has 1 atom stereocenters. The maximum Gasteiger partial charge on any atom is 0.404 e. The molecular formula is C11H11Br2F3O. The van der Waals surface area contributed by atoms with Crippen LogP contribution in [0.3, 0.4) is 0 Å². The number of aryl methyl sites for hydroxylation is 2. The average Bonchev–Trinajstić information content (AvgIpc) is 2.20. The van der Waals surface area contributed by atoms with Gasteiger partial charge in [-0.1, -0.05) is 31.9 Å². The summed E-state index contributed by atoms with van der Waals surface area (Å²) in [6, 6.07) is 3.40. The van der Waals surface area contributed by atoms with Gasteiger partial charge in [-0.15, -0.1) is 0 Å². The molecule has 1 aromatic carbocycles. The smallest absolute Gasteiger partial charge is 0.404 e. The summed E-state index contributed by atoms with van der Waals surface area (Å²) in [6.45, 7) is 3.28. The Morgan fingerprint density at radius 1 is 1.24 bits per heavy atom. The van der Waals surface area contributed by atoms with Gasteiger partial charge in [0.1, 0.15) is 17.2 Å². The Bertz CT molecular complexity index is 381. The number of rotatable bonds is 3. The highest BCUT2D eigenvalue weighted by Crippen LogP contribution is 2.29. The van der Waals surface area contributed by atoms with E-state index < -0.39 is 17.6 Å². The minimum atomic E-state index is -4.29. The number of ether oxygens (including phenoxy) is 1. The predicted octanol–water partition coefficient (Wildman–Crippen LogP) is 4.77. The zero-order valence-electron chi connectivity index (χ0n) is 9.24. The first-order valence-electron chi connectivity index (χ1n) is 4.82. The second-order valence-electron chi connectivity index (χ2n) is 3.69. The summed E-state index contributed by atoms with van der Waals surface area (Å²) in [7, 11) is 0. The SMILES string of the molecule is Cc1cc(OCC(Br)C(F)(F)F)cc(C)c1Br. The molecule has 0 radical (unpaired) electrons. The van der Waals surface area contributed by atoms with Crippen molar-refractivity contribution in [3.63, 3.8) is 0 Å². The van der Waals surface area contributed by atoms with Gasteiger partial charge < -0.3 is 4.74 Å². The maximum atomic E-state index is 12.2. The highest BCUT2D eigenvalue weighted by atomic mass is 79.9. The molecule has 0 saturated heterocycles. The van der Waals surface area contributed by atoms with Gasteiger partial charge in [-0.2, -0.15) is 13.2 Å². The Hall–Kier alpha value is -0.230. The lowest BCUT2D eigenvalue weighted by molar-refractivity contribution is -0.132. The van der Waals surface area contributed by atoms with Crippen LogP contribution in [-0.4, -0.2) is 17.6 Å². The average molecular weight is 376 g/mol. The van der Waals surface area contributed by atoms with Crippen molar-refractivity contribution >= 4 is 31.9 Å². The molecule has 1 unspecified atom stereocenters. The number of hydrogen-bond acceptors (Lipinski definition) is 1. The number of hydrogen-bond donors (Lipinski definition) is 0. The second-order valence-corrected chi connectivity index (χ2v) is 5.59. The molecule has 0 aliphatic carbocycles. The van der Waals surface area contributed by atoms with Gasteiger partial charge >= 0.3 is 6.18 Å². The third kappa shape index (κ3) is 4.17. The summed E-state index contributed by atoms with van der Waals surface area (Å²) in [6.07, 6.45) is -4.29. The van der Waals surface area contributed by atoms with Crippen LogP contribution in [0.15, 0.2) is 16.6 Å². The van der Waals surface area contributed by atoms with E-state index in [4.69, 9.17) is 4.74 Å². The molecule has 0 N–H and O–H groups in total. The molecule has 0 saturated carbocycles. The lowest BCUT2D eigenvalue weighted by atomic mass is 10.1. The Morgan fingerprint density at radius 3 is 2.12 bits per heavy atom. The fraction of sp³-hybridized carbons (Fsp3) is 0.455. The minimum absolute atomic E-state index is 0.440. The molecule has 6 heteroatoms. The number of benzene rings is 1. The topological polar surface area (TPSA) is 9.23 Å². The Labute approximate surface area is 115 Å². The Morgan fingerprint density at radius 2 is 1.71 bits per heavy atom. The summed E-state index contributed by atoms with van der Waals surface area (Å²) in [4.78, 5) is -1.65. The zero-order chi connectivity index (χ0) is 13.2. The van der Waals surface area contributed by atoms with Crippen molar-refractivity contribution in [2.45, 2.75) is 24.9 Å². The van der Waals surface area contributed by atoms with Crippen LogP contribution in [0.1, 0.15) is 11.1 Å². The Kier molecular flexibility index (Phi) is 4.89. The normalized spacial score (nSPS) is 13.6. The summed E-state index contributed by atoms with van der Waals surface area (Å²) in [5.74, 6) is 0.442. The first kappa shape index (κ1) is 14.8. The van der Waals surface area contributed by atoms with Gasteiger partial charge in [0, 0.05) is 4.47 Å². The summed E-state index contributed by atoms with van der Waals surface area (Å²) >= 11 is 5.93. The first-order chi connectivity index (χ1) is 7.71. The zero-order valence-corrected chi connectivity index (χ0v) is 12.4. The van der Waals surface area contributed by atoms with Gasteiger partial charge in [0.05, 0.1) is 0 Å². The van der Waals surface area contributed by atoms with Crippen molar-refractivity contribution in [1.29, 1.82) is 0 Å². The van der Waals surface area contributed by atoms with E-state index in [1.807, 2.05) is 13.8 Å². The van der Waals surface area contributed by atoms with E-state index in [1.54, 1.807) is 12.1 Å². The van der Waals surface area contributed by atoms with Gasteiger partial charge in [-0.05, 0) is 37.1 Å². The first-order valence-corrected chi connectivity index (χ1v) is 6.53. The van der Waals surface area contributed by atoms with Gasteiger partial charge in [-0.3, -0.25) is 0 Å². The van der Waals surface area contributed by atoms with Crippen molar-refractivity contribution in [3.8, 4) is 5.75 Å². The van der Waals surface area contributed by atoms with E-state index in [9.17, 15) is 13.2 Å². The van der Waals surface area contributed by atoms with E-state index in [2.05, 4.69) is 31.9 Å². The molecule has 1 aromatic rings. The number of alkyl halides is 4. The van der Waals surface area contributed by atoms with Gasteiger partial charge in [0.2, 0.25) is 0 Å². The molecule has 0 spiro atoms. The third-order valence-corrected chi connectivity index (χ3v) is 4.20. The van der Waals surface area contributed by atoms with Crippen molar-refractivity contribution in [3.05, 3.63) is 27.7 Å². The van der Waals surface area contributed by atoms with Gasteiger partial charge in [0.25, 0.3) is 0 Å². The monoisotopic (exact) mass is 374 g/mol. The van der Waals surface area contributed by atoms with Crippen LogP contribution in [0.4, 0.5) is 13.2 Å². The van der Waals surface area contributed by atoms with Crippen LogP contribution in [0.5, 0.6) is 5.75 Å². The van der Waals surface area contributed by atoms with Crippen molar-refractivity contribution in [2.24, 2.45) is 0 Å². The predicted molar refractivity (Wildman–Crippen MR) is 67.9 cm³/mol. The van der Waals surface area contributed by atoms with E-state index in [-0.39, 0.29) is 0 Å². The fourth-order valence-electron chi connectivity index (χ4n) is 1.25. The number of halogens is 5. The molecule has 96 valence electrons. The van der Waals surface area contributed by atoms with Crippen LogP contribution >= 0.6 is 31.9 Å². The van der Waals surface area contributed by atoms with Crippen LogP contribution in [0, 0.1) is 13.8 Å². The second kappa shape index (κ2) is 5.61. The lowest BCUT2D eigenvalue weighted by Crippen LogP contribution is -2.28. The minimum Gasteiger partial charge on any atom is -0.492 e. The lowest BCUT2D eigenvalue weighted by Gasteiger charge is -2.15. The van der Waals surface area contributed by atoms with Crippen LogP contribution in [0.25, 0.3) is 0 Å². The van der Waals surface area contributed by atoms with Crippen LogP contribution in [0.2, 0.25) is 0 Å². The Balaban J connectivity index is 2.71. The maximum absolute atomic E-state index is 12.2. The van der Waals surface area contributed by atoms with E-state index in [0.717, 1.165) is 15.6 Å².